The van der Waals surface area contributed by atoms with E-state index in [2.05, 4.69) is 15.6 Å². The third kappa shape index (κ3) is 2.10. The Balaban J connectivity index is 2.04. The van der Waals surface area contributed by atoms with Crippen LogP contribution in [0.2, 0.25) is 0 Å². The van der Waals surface area contributed by atoms with Crippen molar-refractivity contribution in [3.63, 3.8) is 0 Å². The summed E-state index contributed by atoms with van der Waals surface area (Å²) in [5.41, 5.74) is 4.21. The van der Waals surface area contributed by atoms with E-state index in [1.165, 1.54) is 0 Å². The molecule has 0 unspecified atom stereocenters. The van der Waals surface area contributed by atoms with Gasteiger partial charge >= 0.3 is 0 Å². The molecule has 0 saturated heterocycles. The predicted molar refractivity (Wildman–Crippen MR) is 73.5 cm³/mol. The average Bonchev–Trinajstić information content (AvgIpc) is 2.90. The van der Waals surface area contributed by atoms with Gasteiger partial charge in [-0.3, -0.25) is 0 Å². The van der Waals surface area contributed by atoms with Crippen molar-refractivity contribution in [2.75, 3.05) is 31.9 Å². The number of fused-ring (bicyclic) bond motifs is 1. The lowest BCUT2D eigenvalue weighted by atomic mass is 10.2. The van der Waals surface area contributed by atoms with E-state index in [0.717, 1.165) is 28.8 Å². The van der Waals surface area contributed by atoms with Crippen LogP contribution >= 0.6 is 11.8 Å². The Bertz CT molecular complexity index is 599. The van der Waals surface area contributed by atoms with Crippen molar-refractivity contribution >= 4 is 11.8 Å². The molecule has 1 aromatic heterocycles. The van der Waals surface area contributed by atoms with Crippen LogP contribution in [0.5, 0.6) is 11.5 Å². The molecule has 1 aliphatic heterocycles. The topological polar surface area (TPSA) is 61.2 Å². The van der Waals surface area contributed by atoms with Crippen LogP contribution in [0, 0.1) is 0 Å². The zero-order valence-electron chi connectivity index (χ0n) is 10.7. The second-order valence-electron chi connectivity index (χ2n) is 3.97. The normalized spacial score (nSPS) is 13.6. The largest absolute Gasteiger partial charge is 0.493 e. The van der Waals surface area contributed by atoms with Crippen molar-refractivity contribution in [2.45, 2.75) is 5.16 Å². The standard InChI is InChI=1S/C12H14N4O2S/c1-17-9-4-3-8(7-10(9)18-2)11-14-15-12-16(11)13-5-6-19-12/h3-4,7,13H,5-6H2,1-2H3. The maximum atomic E-state index is 5.31. The highest BCUT2D eigenvalue weighted by molar-refractivity contribution is 7.99. The summed E-state index contributed by atoms with van der Waals surface area (Å²) in [5, 5.41) is 9.29. The monoisotopic (exact) mass is 278 g/mol. The number of thioether (sulfide) groups is 1. The van der Waals surface area contributed by atoms with Gasteiger partial charge in [-0.1, -0.05) is 11.8 Å². The Hall–Kier alpha value is -1.89. The Morgan fingerprint density at radius 3 is 2.84 bits per heavy atom. The second kappa shape index (κ2) is 5.00. The molecule has 1 N–H and O–H groups in total. The lowest BCUT2D eigenvalue weighted by Gasteiger charge is -2.17. The van der Waals surface area contributed by atoms with Gasteiger partial charge in [-0.15, -0.1) is 10.2 Å². The van der Waals surface area contributed by atoms with Crippen LogP contribution in [0.1, 0.15) is 0 Å². The highest BCUT2D eigenvalue weighted by atomic mass is 32.2. The lowest BCUT2D eigenvalue weighted by molar-refractivity contribution is 0.355. The van der Waals surface area contributed by atoms with E-state index in [-0.39, 0.29) is 0 Å². The molecule has 1 aliphatic rings. The molecule has 1 aromatic carbocycles. The maximum Gasteiger partial charge on any atom is 0.210 e. The first-order valence-electron chi connectivity index (χ1n) is 5.88. The minimum Gasteiger partial charge on any atom is -0.493 e. The van der Waals surface area contributed by atoms with Crippen molar-refractivity contribution in [2.24, 2.45) is 0 Å². The minimum atomic E-state index is 0.681. The number of hydrogen-bond donors (Lipinski definition) is 1. The van der Waals surface area contributed by atoms with Crippen molar-refractivity contribution in [3.05, 3.63) is 18.2 Å². The molecule has 0 amide bonds. The number of rotatable bonds is 3. The first-order chi connectivity index (χ1) is 9.33. The molecule has 0 aliphatic carbocycles. The summed E-state index contributed by atoms with van der Waals surface area (Å²) < 4.78 is 12.5. The van der Waals surface area contributed by atoms with E-state index in [9.17, 15) is 0 Å². The van der Waals surface area contributed by atoms with Crippen LogP contribution < -0.4 is 14.9 Å². The smallest absolute Gasteiger partial charge is 0.210 e. The molecular formula is C12H14N4O2S. The van der Waals surface area contributed by atoms with Crippen LogP contribution in [-0.2, 0) is 0 Å². The number of aromatic nitrogens is 3. The highest BCUT2D eigenvalue weighted by Crippen LogP contribution is 2.32. The van der Waals surface area contributed by atoms with E-state index < -0.39 is 0 Å². The van der Waals surface area contributed by atoms with Crippen LogP contribution in [0.3, 0.4) is 0 Å². The summed E-state index contributed by atoms with van der Waals surface area (Å²) in [6, 6.07) is 5.71. The maximum absolute atomic E-state index is 5.31. The highest BCUT2D eigenvalue weighted by Gasteiger charge is 2.18. The fourth-order valence-corrected chi connectivity index (χ4v) is 2.72. The summed E-state index contributed by atoms with van der Waals surface area (Å²) in [7, 11) is 3.24. The molecule has 0 spiro atoms. The van der Waals surface area contributed by atoms with Gasteiger partial charge < -0.3 is 14.9 Å². The molecule has 0 radical (unpaired) electrons. The van der Waals surface area contributed by atoms with Gasteiger partial charge in [0, 0.05) is 17.9 Å². The van der Waals surface area contributed by atoms with Crippen molar-refractivity contribution in [3.8, 4) is 22.9 Å². The molecule has 19 heavy (non-hydrogen) atoms. The quantitative estimate of drug-likeness (QED) is 0.920. The molecule has 6 nitrogen and oxygen atoms in total. The van der Waals surface area contributed by atoms with Gasteiger partial charge in [0.25, 0.3) is 0 Å². The van der Waals surface area contributed by atoms with E-state index in [4.69, 9.17) is 9.47 Å². The predicted octanol–water partition coefficient (Wildman–Crippen LogP) is 1.61. The van der Waals surface area contributed by atoms with Gasteiger partial charge in [-0.05, 0) is 18.2 Å². The molecule has 0 bridgehead atoms. The molecule has 100 valence electrons. The van der Waals surface area contributed by atoms with Gasteiger partial charge in [0.15, 0.2) is 17.3 Å². The van der Waals surface area contributed by atoms with E-state index in [0.29, 0.717) is 11.5 Å². The van der Waals surface area contributed by atoms with Crippen LogP contribution in [0.4, 0.5) is 0 Å². The zero-order chi connectivity index (χ0) is 13.2. The first-order valence-corrected chi connectivity index (χ1v) is 6.86. The Kier molecular flexibility index (Phi) is 3.20. The first kappa shape index (κ1) is 12.2. The molecular weight excluding hydrogens is 264 g/mol. The Morgan fingerprint density at radius 1 is 1.21 bits per heavy atom. The van der Waals surface area contributed by atoms with Gasteiger partial charge in [0.05, 0.1) is 14.2 Å². The SMILES string of the molecule is COc1ccc(-c2nnc3n2NCCS3)cc1OC. The van der Waals surface area contributed by atoms with Crippen LogP contribution in [0.25, 0.3) is 11.4 Å². The molecule has 2 aromatic rings. The molecule has 0 atom stereocenters. The summed E-state index contributed by atoms with van der Waals surface area (Å²) in [4.78, 5) is 0. The third-order valence-electron chi connectivity index (χ3n) is 2.88. The van der Waals surface area contributed by atoms with E-state index >= 15 is 0 Å². The van der Waals surface area contributed by atoms with Crippen LogP contribution in [0.15, 0.2) is 23.4 Å². The van der Waals surface area contributed by atoms with Gasteiger partial charge in [0.1, 0.15) is 0 Å². The molecule has 7 heteroatoms. The zero-order valence-corrected chi connectivity index (χ0v) is 11.5. The third-order valence-corrected chi connectivity index (χ3v) is 3.81. The van der Waals surface area contributed by atoms with Gasteiger partial charge in [-0.2, -0.15) is 0 Å². The molecule has 2 heterocycles. The van der Waals surface area contributed by atoms with Crippen molar-refractivity contribution in [1.82, 2.24) is 14.9 Å². The summed E-state index contributed by atoms with van der Waals surface area (Å²) >= 11 is 1.69. The number of nitrogens with zero attached hydrogens (tertiary/aromatic N) is 3. The Morgan fingerprint density at radius 2 is 2.05 bits per heavy atom. The van der Waals surface area contributed by atoms with Gasteiger partial charge in [0.2, 0.25) is 5.16 Å². The summed E-state index contributed by atoms with van der Waals surface area (Å²) in [6.07, 6.45) is 0. The number of ether oxygens (including phenoxy) is 2. The number of benzene rings is 1. The minimum absolute atomic E-state index is 0.681. The van der Waals surface area contributed by atoms with E-state index in [1.54, 1.807) is 26.0 Å². The summed E-state index contributed by atoms with van der Waals surface area (Å²) in [5.74, 6) is 3.17. The number of hydrogen-bond acceptors (Lipinski definition) is 6. The number of nitrogens with one attached hydrogen (secondary N) is 1. The molecule has 0 saturated carbocycles. The second-order valence-corrected chi connectivity index (χ2v) is 5.03. The van der Waals surface area contributed by atoms with E-state index in [1.807, 2.05) is 22.9 Å². The van der Waals surface area contributed by atoms with Gasteiger partial charge in [-0.25, -0.2) is 4.68 Å². The molecule has 0 fully saturated rings. The molecule has 3 rings (SSSR count). The van der Waals surface area contributed by atoms with Crippen molar-refractivity contribution in [1.29, 1.82) is 0 Å². The Labute approximate surface area is 115 Å². The fourth-order valence-electron chi connectivity index (χ4n) is 1.97. The van der Waals surface area contributed by atoms with Crippen LogP contribution in [-0.4, -0.2) is 41.4 Å². The summed E-state index contributed by atoms with van der Waals surface area (Å²) in [6.45, 7) is 0.899. The fraction of sp³-hybridized carbons (Fsp3) is 0.333. The average molecular weight is 278 g/mol. The van der Waals surface area contributed by atoms with Crippen molar-refractivity contribution < 1.29 is 9.47 Å². The lowest BCUT2D eigenvalue weighted by Crippen LogP contribution is -2.23. The number of methoxy groups -OCH3 is 2.